The first-order valence-electron chi connectivity index (χ1n) is 4.40. The number of methoxy groups -OCH3 is 1. The highest BCUT2D eigenvalue weighted by atomic mass is 16.7. The van der Waals surface area contributed by atoms with Crippen LogP contribution in [0.5, 0.6) is 0 Å². The Hall–Kier alpha value is -0.160. The van der Waals surface area contributed by atoms with Crippen molar-refractivity contribution >= 4 is 0 Å². The first-order valence-corrected chi connectivity index (χ1v) is 2.90. The molecule has 0 aromatic rings. The number of ether oxygens (including phenoxy) is 2. The molecule has 1 saturated heterocycles. The Bertz CT molecular complexity index is 191. The summed E-state index contributed by atoms with van der Waals surface area (Å²) >= 11 is 0. The summed E-state index contributed by atoms with van der Waals surface area (Å²) < 4.78 is 30.6. The van der Waals surface area contributed by atoms with Crippen molar-refractivity contribution in [1.29, 1.82) is 0 Å². The van der Waals surface area contributed by atoms with E-state index in [2.05, 4.69) is 0 Å². The van der Waals surface area contributed by atoms with Crippen LogP contribution in [-0.2, 0) is 9.47 Å². The lowest BCUT2D eigenvalue weighted by atomic mass is 10.2. The van der Waals surface area contributed by atoms with Gasteiger partial charge in [0.25, 0.3) is 0 Å². The van der Waals surface area contributed by atoms with Gasteiger partial charge in [-0.15, -0.1) is 0 Å². The van der Waals surface area contributed by atoms with E-state index in [0.717, 1.165) is 0 Å². The van der Waals surface area contributed by atoms with Gasteiger partial charge in [0.15, 0.2) is 6.29 Å². The predicted molar refractivity (Wildman–Crippen MR) is 33.4 cm³/mol. The number of hydrogen-bond acceptors (Lipinski definition) is 4. The van der Waals surface area contributed by atoms with Crippen LogP contribution < -0.4 is 0 Å². The Balaban J connectivity index is 2.76. The zero-order valence-electron chi connectivity index (χ0n) is 8.57. The molecule has 60 valence electrons. The average Bonchev–Trinajstić information content (AvgIpc) is 2.24. The van der Waals surface area contributed by atoms with Gasteiger partial charge in [0, 0.05) is 13.5 Å². The Morgan fingerprint density at radius 1 is 2.00 bits per heavy atom. The summed E-state index contributed by atoms with van der Waals surface area (Å²) in [5.41, 5.74) is 0. The fourth-order valence-corrected chi connectivity index (χ4v) is 0.800. The second kappa shape index (κ2) is 3.30. The molecule has 0 spiro atoms. The van der Waals surface area contributed by atoms with E-state index < -0.39 is 25.0 Å². The maximum atomic E-state index is 9.35. The molecular formula is C6H12O4. The smallest absolute Gasteiger partial charge is 0.160 e. The largest absolute Gasteiger partial charge is 0.394 e. The van der Waals surface area contributed by atoms with Crippen molar-refractivity contribution in [2.24, 2.45) is 0 Å². The summed E-state index contributed by atoms with van der Waals surface area (Å²) in [6.07, 6.45) is -4.80. The molecule has 10 heavy (non-hydrogen) atoms. The minimum atomic E-state index is -2.75. The third kappa shape index (κ3) is 1.46. The topological polar surface area (TPSA) is 58.9 Å². The van der Waals surface area contributed by atoms with Crippen molar-refractivity contribution in [1.82, 2.24) is 0 Å². The van der Waals surface area contributed by atoms with Gasteiger partial charge in [0.05, 0.1) is 16.8 Å². The standard InChI is InChI=1S/C6H12O4/c1-9-6-2-4(8)5(3-7)10-6/h4-8H,2-3H2,1H3/t4-,5+,6?/m0/s1/i3D2,4D. The molecule has 0 bridgehead atoms. The molecule has 0 saturated carbocycles. The highest BCUT2D eigenvalue weighted by Gasteiger charge is 2.32. The molecule has 1 rings (SSSR count). The van der Waals surface area contributed by atoms with E-state index in [-0.39, 0.29) is 6.42 Å². The van der Waals surface area contributed by atoms with E-state index in [1.807, 2.05) is 0 Å². The Morgan fingerprint density at radius 3 is 3.00 bits per heavy atom. The van der Waals surface area contributed by atoms with E-state index in [0.29, 0.717) is 0 Å². The SMILES string of the molecule is [2H]C([2H])(O)[C@H]1OC(OC)C[C@]1([2H])O. The van der Waals surface area contributed by atoms with Crippen LogP contribution in [0.3, 0.4) is 0 Å². The molecule has 1 unspecified atom stereocenters. The van der Waals surface area contributed by atoms with Crippen molar-refractivity contribution in [3.8, 4) is 0 Å². The lowest BCUT2D eigenvalue weighted by molar-refractivity contribution is -0.127. The molecule has 1 fully saturated rings. The monoisotopic (exact) mass is 151 g/mol. The van der Waals surface area contributed by atoms with Gasteiger partial charge in [0.2, 0.25) is 0 Å². The molecule has 1 aliphatic heterocycles. The lowest BCUT2D eigenvalue weighted by Crippen LogP contribution is -2.24. The van der Waals surface area contributed by atoms with Gasteiger partial charge >= 0.3 is 0 Å². The molecule has 0 aliphatic carbocycles. The second-order valence-electron chi connectivity index (χ2n) is 2.01. The molecule has 3 atom stereocenters. The molecule has 4 heteroatoms. The third-order valence-corrected chi connectivity index (χ3v) is 1.35. The van der Waals surface area contributed by atoms with Gasteiger partial charge < -0.3 is 19.7 Å². The van der Waals surface area contributed by atoms with Gasteiger partial charge in [-0.2, -0.15) is 0 Å². The van der Waals surface area contributed by atoms with Crippen molar-refractivity contribution in [3.05, 3.63) is 0 Å². The zero-order valence-corrected chi connectivity index (χ0v) is 5.57. The van der Waals surface area contributed by atoms with E-state index >= 15 is 0 Å². The number of rotatable bonds is 2. The molecule has 0 amide bonds. The Kier molecular flexibility index (Phi) is 1.54. The van der Waals surface area contributed by atoms with Crippen molar-refractivity contribution in [2.45, 2.75) is 24.9 Å². The molecule has 0 aromatic heterocycles. The highest BCUT2D eigenvalue weighted by molar-refractivity contribution is 4.76. The highest BCUT2D eigenvalue weighted by Crippen LogP contribution is 2.19. The molecule has 0 aromatic carbocycles. The molecule has 1 aliphatic rings. The Labute approximate surface area is 63.6 Å². The van der Waals surface area contributed by atoms with Crippen LogP contribution >= 0.6 is 0 Å². The molecule has 4 nitrogen and oxygen atoms in total. The van der Waals surface area contributed by atoms with Crippen molar-refractivity contribution < 1.29 is 23.8 Å². The van der Waals surface area contributed by atoms with Gasteiger partial charge in [0.1, 0.15) is 6.10 Å². The third-order valence-electron chi connectivity index (χ3n) is 1.35. The van der Waals surface area contributed by atoms with Crippen LogP contribution in [-0.4, -0.2) is 42.4 Å². The maximum Gasteiger partial charge on any atom is 0.160 e. The van der Waals surface area contributed by atoms with Crippen LogP contribution in [0.4, 0.5) is 0 Å². The Morgan fingerprint density at radius 2 is 2.70 bits per heavy atom. The first kappa shape index (κ1) is 4.66. The van der Waals surface area contributed by atoms with Crippen LogP contribution in [0, 0.1) is 0 Å². The summed E-state index contributed by atoms with van der Waals surface area (Å²) in [5.74, 6) is 0. The number of hydrogen-bond donors (Lipinski definition) is 2. The van der Waals surface area contributed by atoms with Gasteiger partial charge in [-0.3, -0.25) is 0 Å². The van der Waals surface area contributed by atoms with E-state index in [1.54, 1.807) is 0 Å². The molecule has 0 radical (unpaired) electrons. The summed E-state index contributed by atoms with van der Waals surface area (Å²) in [7, 11) is 1.32. The quantitative estimate of drug-likeness (QED) is 0.537. The van der Waals surface area contributed by atoms with Gasteiger partial charge in [-0.05, 0) is 0 Å². The minimum Gasteiger partial charge on any atom is -0.394 e. The normalized spacial score (nSPS) is 53.7. The summed E-state index contributed by atoms with van der Waals surface area (Å²) in [4.78, 5) is 0. The van der Waals surface area contributed by atoms with Crippen LogP contribution in [0.1, 0.15) is 10.5 Å². The lowest BCUT2D eigenvalue weighted by Gasteiger charge is -2.09. The summed E-state index contributed by atoms with van der Waals surface area (Å²) in [5, 5.41) is 18.3. The van der Waals surface area contributed by atoms with Crippen molar-refractivity contribution in [3.63, 3.8) is 0 Å². The molecule has 2 N–H and O–H groups in total. The maximum absolute atomic E-state index is 9.35. The molecular weight excluding hydrogens is 136 g/mol. The van der Waals surface area contributed by atoms with E-state index in [4.69, 9.17) is 18.7 Å². The predicted octanol–water partition coefficient (Wildman–Crippen LogP) is -0.899. The molecule has 1 heterocycles. The van der Waals surface area contributed by atoms with Crippen molar-refractivity contribution in [2.75, 3.05) is 13.7 Å². The van der Waals surface area contributed by atoms with Gasteiger partial charge in [-0.25, -0.2) is 0 Å². The van der Waals surface area contributed by atoms with Crippen LogP contribution in [0.2, 0.25) is 0 Å². The number of aliphatic hydroxyl groups is 2. The van der Waals surface area contributed by atoms with E-state index in [1.165, 1.54) is 7.11 Å². The summed E-state index contributed by atoms with van der Waals surface area (Å²) in [6, 6.07) is 0. The first-order chi connectivity index (χ1) is 5.77. The second-order valence-corrected chi connectivity index (χ2v) is 2.01. The van der Waals surface area contributed by atoms with Crippen LogP contribution in [0.25, 0.3) is 0 Å². The van der Waals surface area contributed by atoms with Crippen LogP contribution in [0.15, 0.2) is 0 Å². The van der Waals surface area contributed by atoms with E-state index in [9.17, 15) is 5.11 Å². The van der Waals surface area contributed by atoms with Gasteiger partial charge in [-0.1, -0.05) is 0 Å². The minimum absolute atomic E-state index is 0.186. The average molecular weight is 151 g/mol. The fourth-order valence-electron chi connectivity index (χ4n) is 0.800. The summed E-state index contributed by atoms with van der Waals surface area (Å²) in [6.45, 7) is -2.75. The zero-order chi connectivity index (χ0) is 10.3. The fraction of sp³-hybridized carbons (Fsp3) is 1.00.